The topological polar surface area (TPSA) is 114 Å². The predicted molar refractivity (Wildman–Crippen MR) is 123 cm³/mol. The van der Waals surface area contributed by atoms with Crippen LogP contribution in [-0.2, 0) is 15.4 Å². The number of benzene rings is 1. The number of ether oxygens (including phenoxy) is 1. The number of imidazole rings is 1. The third kappa shape index (κ3) is 3.25. The molecule has 3 saturated carbocycles. The van der Waals surface area contributed by atoms with Crippen LogP contribution in [-0.4, -0.2) is 51.7 Å². The van der Waals surface area contributed by atoms with Crippen LogP contribution in [0.3, 0.4) is 0 Å². The Labute approximate surface area is 196 Å². The molecule has 0 amide bonds. The number of nitrogens with zero attached hydrogens (tertiary/aromatic N) is 3. The first-order valence-corrected chi connectivity index (χ1v) is 13.8. The van der Waals surface area contributed by atoms with E-state index < -0.39 is 26.8 Å². The molecular weight excluding hydrogens is 462 g/mol. The number of aliphatic hydroxyl groups is 2. The number of rotatable bonds is 7. The van der Waals surface area contributed by atoms with Gasteiger partial charge in [-0.15, -0.1) is 0 Å². The summed E-state index contributed by atoms with van der Waals surface area (Å²) in [6.45, 7) is 1.88. The number of methoxy groups -OCH3 is 1. The minimum absolute atomic E-state index is 0.122. The zero-order chi connectivity index (χ0) is 23.1. The maximum absolute atomic E-state index is 13.2. The van der Waals surface area contributed by atoms with Crippen molar-refractivity contribution in [2.45, 2.75) is 67.3 Å². The Morgan fingerprint density at radius 2 is 1.85 bits per heavy atom. The van der Waals surface area contributed by atoms with Gasteiger partial charge in [-0.2, -0.15) is 5.10 Å². The van der Waals surface area contributed by atoms with Crippen LogP contribution in [0.1, 0.15) is 49.2 Å². The summed E-state index contributed by atoms with van der Waals surface area (Å²) < 4.78 is 33.6. The summed E-state index contributed by atoms with van der Waals surface area (Å²) in [4.78, 5) is 5.50. The number of fused-ring (bicyclic) bond motifs is 1. The minimum Gasteiger partial charge on any atom is -0.495 e. The molecule has 0 saturated heterocycles. The Morgan fingerprint density at radius 1 is 1.18 bits per heavy atom. The van der Waals surface area contributed by atoms with E-state index in [0.717, 1.165) is 31.4 Å². The third-order valence-electron chi connectivity index (χ3n) is 7.37. The zero-order valence-corrected chi connectivity index (χ0v) is 20.2. The Kier molecular flexibility index (Phi) is 4.72. The lowest BCUT2D eigenvalue weighted by Crippen LogP contribution is -2.39. The summed E-state index contributed by atoms with van der Waals surface area (Å²) in [6.07, 6.45) is 4.00. The van der Waals surface area contributed by atoms with E-state index in [1.807, 2.05) is 13.0 Å². The van der Waals surface area contributed by atoms with Crippen molar-refractivity contribution >= 4 is 26.1 Å². The molecule has 0 radical (unpaired) electrons. The molecular formula is C23H27N3O5S2. The van der Waals surface area contributed by atoms with Crippen LogP contribution in [0.2, 0.25) is 0 Å². The van der Waals surface area contributed by atoms with Gasteiger partial charge in [0.25, 0.3) is 0 Å². The van der Waals surface area contributed by atoms with E-state index in [1.165, 1.54) is 18.4 Å². The molecule has 3 aliphatic carbocycles. The standard InChI is InChI=1S/C23H27N3O5S2/c1-12-20(13-3-8-18(31-2)19(9-13)33(29,30)17-10-16(27)11-17)26-22(24-12)32-21(25-26)23(28,14-4-5-14)15-6-7-15/h3,8-9,14-17,27-28H,4-7,10-11H2,1-2H3/t16-,17+. The van der Waals surface area contributed by atoms with Crippen LogP contribution in [0.25, 0.3) is 16.2 Å². The molecule has 0 bridgehead atoms. The molecule has 3 fully saturated rings. The van der Waals surface area contributed by atoms with Gasteiger partial charge in [0.1, 0.15) is 21.3 Å². The monoisotopic (exact) mass is 489 g/mol. The fourth-order valence-corrected chi connectivity index (χ4v) is 8.32. The van der Waals surface area contributed by atoms with E-state index >= 15 is 0 Å². The van der Waals surface area contributed by atoms with Gasteiger partial charge < -0.3 is 14.9 Å². The van der Waals surface area contributed by atoms with Crippen LogP contribution in [0, 0.1) is 18.8 Å². The Morgan fingerprint density at radius 3 is 2.42 bits per heavy atom. The van der Waals surface area contributed by atoms with Gasteiger partial charge in [0.05, 0.1) is 29.9 Å². The summed E-state index contributed by atoms with van der Waals surface area (Å²) in [5.74, 6) is 0.816. The van der Waals surface area contributed by atoms with E-state index in [2.05, 4.69) is 4.98 Å². The van der Waals surface area contributed by atoms with Gasteiger partial charge >= 0.3 is 0 Å². The first kappa shape index (κ1) is 21.5. The number of aliphatic hydroxyl groups excluding tert-OH is 1. The second-order valence-corrected chi connectivity index (χ2v) is 12.8. The van der Waals surface area contributed by atoms with Crippen molar-refractivity contribution in [3.8, 4) is 17.0 Å². The van der Waals surface area contributed by atoms with Gasteiger partial charge in [0.15, 0.2) is 9.84 Å². The lowest BCUT2D eigenvalue weighted by molar-refractivity contribution is -0.0111. The van der Waals surface area contributed by atoms with Gasteiger partial charge in [-0.25, -0.2) is 17.9 Å². The number of hydrogen-bond donors (Lipinski definition) is 2. The SMILES string of the molecule is COc1ccc(-c2c(C)nc3sc(C(O)(C4CC4)C4CC4)nn23)cc1S(=O)(=O)[C@H]1C[C@@H](O)C1. The molecule has 1 aromatic carbocycles. The molecule has 0 aliphatic heterocycles. The molecule has 0 atom stereocenters. The third-order valence-corrected chi connectivity index (χ3v) is 10.6. The highest BCUT2D eigenvalue weighted by molar-refractivity contribution is 7.92. The summed E-state index contributed by atoms with van der Waals surface area (Å²) in [6, 6.07) is 5.10. The molecule has 176 valence electrons. The number of sulfone groups is 1. The summed E-state index contributed by atoms with van der Waals surface area (Å²) in [5, 5.41) is 26.1. The van der Waals surface area contributed by atoms with E-state index in [9.17, 15) is 18.6 Å². The molecule has 0 spiro atoms. The largest absolute Gasteiger partial charge is 0.495 e. The maximum atomic E-state index is 13.2. The van der Waals surface area contributed by atoms with Crippen molar-refractivity contribution in [1.82, 2.24) is 14.6 Å². The Bertz CT molecular complexity index is 1340. The highest BCUT2D eigenvalue weighted by atomic mass is 32.2. The molecule has 3 aromatic rings. The molecule has 10 heteroatoms. The average Bonchev–Trinajstić information content (AvgIpc) is 3.68. The second-order valence-electron chi connectivity index (χ2n) is 9.68. The van der Waals surface area contributed by atoms with Gasteiger partial charge in [-0.1, -0.05) is 11.3 Å². The van der Waals surface area contributed by atoms with Crippen molar-refractivity contribution < 1.29 is 23.4 Å². The Hall–Kier alpha value is -2.01. The fourth-order valence-electron chi connectivity index (χ4n) is 5.09. The highest BCUT2D eigenvalue weighted by Gasteiger charge is 2.56. The molecule has 3 aliphatic rings. The zero-order valence-electron chi connectivity index (χ0n) is 18.6. The normalized spacial score (nSPS) is 23.6. The molecule has 33 heavy (non-hydrogen) atoms. The van der Waals surface area contributed by atoms with Crippen molar-refractivity contribution in [2.24, 2.45) is 11.8 Å². The quantitative estimate of drug-likeness (QED) is 0.524. The Balaban J connectivity index is 1.46. The van der Waals surface area contributed by atoms with E-state index in [4.69, 9.17) is 9.84 Å². The molecule has 2 aromatic heterocycles. The minimum atomic E-state index is -3.65. The smallest absolute Gasteiger partial charge is 0.213 e. The first-order chi connectivity index (χ1) is 15.7. The van der Waals surface area contributed by atoms with Crippen molar-refractivity contribution in [2.75, 3.05) is 7.11 Å². The maximum Gasteiger partial charge on any atom is 0.213 e. The lowest BCUT2D eigenvalue weighted by Gasteiger charge is -2.31. The summed E-state index contributed by atoms with van der Waals surface area (Å²) >= 11 is 1.43. The summed E-state index contributed by atoms with van der Waals surface area (Å²) in [7, 11) is -2.20. The second kappa shape index (κ2) is 7.24. The van der Waals surface area contributed by atoms with Crippen LogP contribution < -0.4 is 4.74 Å². The van der Waals surface area contributed by atoms with Crippen molar-refractivity contribution in [1.29, 1.82) is 0 Å². The van der Waals surface area contributed by atoms with Gasteiger partial charge in [0, 0.05) is 5.56 Å². The van der Waals surface area contributed by atoms with Crippen LogP contribution in [0.15, 0.2) is 23.1 Å². The van der Waals surface area contributed by atoms with E-state index in [0.29, 0.717) is 21.2 Å². The molecule has 2 N–H and O–H groups in total. The van der Waals surface area contributed by atoms with Crippen LogP contribution in [0.5, 0.6) is 5.75 Å². The number of hydrogen-bond acceptors (Lipinski definition) is 8. The molecule has 8 nitrogen and oxygen atoms in total. The average molecular weight is 490 g/mol. The number of aryl methyl sites for hydroxylation is 1. The molecule has 6 rings (SSSR count). The van der Waals surface area contributed by atoms with E-state index in [1.54, 1.807) is 16.6 Å². The van der Waals surface area contributed by atoms with Crippen LogP contribution >= 0.6 is 11.3 Å². The molecule has 0 unspecified atom stereocenters. The number of aromatic nitrogens is 3. The fraction of sp³-hybridized carbons (Fsp3) is 0.565. The molecule has 2 heterocycles. The highest BCUT2D eigenvalue weighted by Crippen LogP contribution is 2.58. The first-order valence-electron chi connectivity index (χ1n) is 11.4. The van der Waals surface area contributed by atoms with Gasteiger partial charge in [-0.3, -0.25) is 0 Å². The lowest BCUT2D eigenvalue weighted by atomic mass is 9.93. The van der Waals surface area contributed by atoms with E-state index in [-0.39, 0.29) is 35.3 Å². The van der Waals surface area contributed by atoms with Gasteiger partial charge in [0.2, 0.25) is 4.96 Å². The summed E-state index contributed by atoms with van der Waals surface area (Å²) in [5.41, 5.74) is 1.26. The van der Waals surface area contributed by atoms with Crippen molar-refractivity contribution in [3.05, 3.63) is 28.9 Å². The van der Waals surface area contributed by atoms with Crippen molar-refractivity contribution in [3.63, 3.8) is 0 Å². The van der Waals surface area contributed by atoms with Crippen LogP contribution in [0.4, 0.5) is 0 Å². The van der Waals surface area contributed by atoms with Gasteiger partial charge in [-0.05, 0) is 75.5 Å². The predicted octanol–water partition coefficient (Wildman–Crippen LogP) is 3.08.